The Labute approximate surface area is 295 Å². The molecule has 12 nitrogen and oxygen atoms in total. The van der Waals surface area contributed by atoms with E-state index < -0.39 is 52.6 Å². The number of nitrogens with one attached hydrogen (secondary N) is 4. The van der Waals surface area contributed by atoms with Gasteiger partial charge in [-0.15, -0.1) is 11.3 Å². The van der Waals surface area contributed by atoms with Crippen LogP contribution in [0.25, 0.3) is 5.70 Å². The Morgan fingerprint density at radius 3 is 2.51 bits per heavy atom. The van der Waals surface area contributed by atoms with Gasteiger partial charge in [0.05, 0.1) is 35.4 Å². The number of aromatic nitrogens is 1. The molecule has 1 saturated carbocycles. The summed E-state index contributed by atoms with van der Waals surface area (Å²) in [7, 11) is 0. The van der Waals surface area contributed by atoms with Crippen molar-refractivity contribution < 1.29 is 28.8 Å². The van der Waals surface area contributed by atoms with Gasteiger partial charge in [0, 0.05) is 27.9 Å². The fraction of sp³-hybridized carbons (Fsp3) is 0.543. The van der Waals surface area contributed by atoms with E-state index in [1.807, 2.05) is 59.8 Å². The normalized spacial score (nSPS) is 21.5. The first-order chi connectivity index (χ1) is 23.1. The van der Waals surface area contributed by atoms with Gasteiger partial charge in [-0.25, -0.2) is 4.98 Å². The Morgan fingerprint density at radius 1 is 1.16 bits per heavy atom. The van der Waals surface area contributed by atoms with E-state index >= 15 is 0 Å². The highest BCUT2D eigenvalue weighted by Crippen LogP contribution is 2.39. The number of hydrogen-bond acceptors (Lipinski definition) is 9. The van der Waals surface area contributed by atoms with Gasteiger partial charge in [-0.05, 0) is 56.7 Å². The van der Waals surface area contributed by atoms with Crippen molar-refractivity contribution in [3.63, 3.8) is 0 Å². The predicted octanol–water partition coefficient (Wildman–Crippen LogP) is 3.53. The first kappa shape index (κ1) is 36.5. The lowest BCUT2D eigenvalue weighted by atomic mass is 9.85. The number of ketones is 1. The number of carbonyl (C=O) groups excluding carboxylic acids is 5. The Kier molecular flexibility index (Phi) is 10.9. The summed E-state index contributed by atoms with van der Waals surface area (Å²) in [6, 6.07) is 4.05. The van der Waals surface area contributed by atoms with Crippen molar-refractivity contribution in [1.82, 2.24) is 31.3 Å². The van der Waals surface area contributed by atoms with Crippen LogP contribution >= 0.6 is 22.9 Å². The smallest absolute Gasteiger partial charge is 0.289 e. The van der Waals surface area contributed by atoms with Crippen molar-refractivity contribution in [2.45, 2.75) is 110 Å². The van der Waals surface area contributed by atoms with Crippen molar-refractivity contribution in [3.8, 4) is 0 Å². The van der Waals surface area contributed by atoms with E-state index in [2.05, 4.69) is 26.4 Å². The summed E-state index contributed by atoms with van der Waals surface area (Å²) >= 11 is 7.67. The van der Waals surface area contributed by atoms with Crippen molar-refractivity contribution in [3.05, 3.63) is 56.5 Å². The maximum atomic E-state index is 14.6. The molecular formula is C35H45ClN6O6S. The molecule has 4 amide bonds. The number of halogens is 1. The highest BCUT2D eigenvalue weighted by Gasteiger charge is 2.54. The highest BCUT2D eigenvalue weighted by atomic mass is 35.5. The zero-order valence-electron chi connectivity index (χ0n) is 28.8. The van der Waals surface area contributed by atoms with Gasteiger partial charge in [0.1, 0.15) is 17.7 Å². The molecule has 1 aromatic carbocycles. The van der Waals surface area contributed by atoms with Crippen LogP contribution in [-0.2, 0) is 35.2 Å². The predicted molar refractivity (Wildman–Crippen MR) is 186 cm³/mol. The SMILES string of the molecule is CCC[C@H](NC(=O)[C@@H]1C[C@]2(C=C(c3cccc(Cl)c3)NO2)CN1C(=O)[C@@H](NC(=O)Cc1sc(C)nc1C)C(C)(C)C)C(=O)C(=O)NC1CC1. The molecule has 14 heteroatoms. The van der Waals surface area contributed by atoms with Crippen molar-refractivity contribution >= 4 is 58.0 Å². The van der Waals surface area contributed by atoms with Crippen LogP contribution in [0.5, 0.6) is 0 Å². The summed E-state index contributed by atoms with van der Waals surface area (Å²) in [6.45, 7) is 11.1. The van der Waals surface area contributed by atoms with Gasteiger partial charge < -0.3 is 20.9 Å². The number of nitrogens with zero attached hydrogens (tertiary/aromatic N) is 2. The molecule has 3 heterocycles. The van der Waals surface area contributed by atoms with Crippen LogP contribution in [0.4, 0.5) is 0 Å². The molecule has 3 aliphatic rings. The number of hydrogen-bond donors (Lipinski definition) is 4. The van der Waals surface area contributed by atoms with E-state index in [4.69, 9.17) is 16.4 Å². The van der Waals surface area contributed by atoms with E-state index in [0.29, 0.717) is 17.1 Å². The van der Waals surface area contributed by atoms with Gasteiger partial charge in [0.25, 0.3) is 5.91 Å². The summed E-state index contributed by atoms with van der Waals surface area (Å²) < 4.78 is 0. The number of hydroxylamine groups is 1. The monoisotopic (exact) mass is 712 g/mol. The average Bonchev–Trinajstić information content (AvgIpc) is 3.48. The van der Waals surface area contributed by atoms with Crippen LogP contribution in [0.15, 0.2) is 30.3 Å². The second kappa shape index (κ2) is 14.6. The molecule has 1 spiro atoms. The van der Waals surface area contributed by atoms with E-state index in [0.717, 1.165) is 34.0 Å². The topological polar surface area (TPSA) is 159 Å². The van der Waals surface area contributed by atoms with Crippen LogP contribution in [0.2, 0.25) is 5.02 Å². The number of thiazole rings is 1. The van der Waals surface area contributed by atoms with Gasteiger partial charge in [-0.3, -0.25) is 34.3 Å². The lowest BCUT2D eigenvalue weighted by molar-refractivity contribution is -0.145. The number of amides is 4. The molecule has 4 N–H and O–H groups in total. The lowest BCUT2D eigenvalue weighted by Crippen LogP contribution is -2.59. The molecule has 2 aromatic rings. The van der Waals surface area contributed by atoms with Crippen LogP contribution in [0.1, 0.15) is 80.9 Å². The quantitative estimate of drug-likeness (QED) is 0.244. The maximum absolute atomic E-state index is 14.6. The molecule has 5 rings (SSSR count). The zero-order valence-corrected chi connectivity index (χ0v) is 30.3. The molecule has 1 aromatic heterocycles. The maximum Gasteiger partial charge on any atom is 0.289 e. The van der Waals surface area contributed by atoms with E-state index in [1.165, 1.54) is 16.2 Å². The molecule has 4 atom stereocenters. The lowest BCUT2D eigenvalue weighted by Gasteiger charge is -2.35. The summed E-state index contributed by atoms with van der Waals surface area (Å²) in [5.74, 6) is -2.83. The molecule has 49 heavy (non-hydrogen) atoms. The fourth-order valence-corrected chi connectivity index (χ4v) is 7.33. The molecule has 0 radical (unpaired) electrons. The number of benzene rings is 1. The first-order valence-electron chi connectivity index (χ1n) is 16.7. The average molecular weight is 713 g/mol. The van der Waals surface area contributed by atoms with Gasteiger partial charge in [-0.1, -0.05) is 57.8 Å². The number of likely N-dealkylation sites (tertiary alicyclic amines) is 1. The zero-order chi connectivity index (χ0) is 35.7. The van der Waals surface area contributed by atoms with Gasteiger partial charge in [0.15, 0.2) is 0 Å². The van der Waals surface area contributed by atoms with Gasteiger partial charge in [0.2, 0.25) is 23.5 Å². The minimum absolute atomic E-state index is 0.00879. The number of rotatable bonds is 12. The van der Waals surface area contributed by atoms with Crippen molar-refractivity contribution in [2.75, 3.05) is 6.54 Å². The number of Topliss-reactive ketones (excluding diaryl/α,β-unsaturated/α-hetero) is 1. The van der Waals surface area contributed by atoms with Crippen molar-refractivity contribution in [2.24, 2.45) is 5.41 Å². The van der Waals surface area contributed by atoms with Gasteiger partial charge in [-0.2, -0.15) is 0 Å². The molecule has 1 saturated heterocycles. The number of carbonyl (C=O) groups is 5. The summed E-state index contributed by atoms with van der Waals surface area (Å²) in [6.07, 6.45) is 4.39. The minimum Gasteiger partial charge on any atom is -0.347 e. The molecule has 0 unspecified atom stereocenters. The van der Waals surface area contributed by atoms with E-state index in [1.54, 1.807) is 12.1 Å². The largest absolute Gasteiger partial charge is 0.347 e. The molecule has 264 valence electrons. The number of aryl methyl sites for hydroxylation is 2. The Balaban J connectivity index is 1.43. The first-order valence-corrected chi connectivity index (χ1v) is 17.9. The van der Waals surface area contributed by atoms with Crippen LogP contribution in [0, 0.1) is 19.3 Å². The fourth-order valence-electron chi connectivity index (χ4n) is 6.20. The summed E-state index contributed by atoms with van der Waals surface area (Å²) in [5, 5.41) is 9.81. The third-order valence-corrected chi connectivity index (χ3v) is 10.2. The van der Waals surface area contributed by atoms with E-state index in [9.17, 15) is 24.0 Å². The van der Waals surface area contributed by atoms with Crippen LogP contribution in [-0.4, -0.2) is 75.6 Å². The minimum atomic E-state index is -1.10. The highest BCUT2D eigenvalue weighted by molar-refractivity contribution is 7.11. The third kappa shape index (κ3) is 8.68. The van der Waals surface area contributed by atoms with E-state index in [-0.39, 0.29) is 37.8 Å². The molecule has 2 fully saturated rings. The third-order valence-electron chi connectivity index (χ3n) is 8.93. The Bertz CT molecular complexity index is 1670. The summed E-state index contributed by atoms with van der Waals surface area (Å²) in [4.78, 5) is 80.6. The molecule has 1 aliphatic carbocycles. The Hall–Kier alpha value is -3.81. The van der Waals surface area contributed by atoms with Crippen molar-refractivity contribution in [1.29, 1.82) is 0 Å². The van der Waals surface area contributed by atoms with Gasteiger partial charge >= 0.3 is 0 Å². The second-order valence-corrected chi connectivity index (χ2v) is 16.0. The van der Waals surface area contributed by atoms with Crippen LogP contribution in [0.3, 0.4) is 0 Å². The molecule has 0 bridgehead atoms. The summed E-state index contributed by atoms with van der Waals surface area (Å²) in [5.41, 5.74) is 3.27. The molecule has 2 aliphatic heterocycles. The standard InChI is InChI=1S/C35H45ClN6O6S/c1-7-9-24(29(44)32(46)38-23-12-13-23)39-31(45)26-17-35(16-25(41-48-35)21-10-8-11-22(36)14-21)18-42(26)33(47)30(34(4,5)6)40-28(43)15-27-19(2)37-20(3)49-27/h8,10-11,14,16,23-24,26,30,41H,7,9,12-13,15,17-18H2,1-6H3,(H,38,46)(H,39,45)(H,40,43)/t24-,26-,30+,35+/m0/s1. The van der Waals surface area contributed by atoms with Crippen LogP contribution < -0.4 is 21.4 Å². The second-order valence-electron chi connectivity index (χ2n) is 14.3. The Morgan fingerprint density at radius 2 is 1.90 bits per heavy atom. The molecular weight excluding hydrogens is 668 g/mol.